The first-order valence-corrected chi connectivity index (χ1v) is 17.1. The quantitative estimate of drug-likeness (QED) is 0.180. The van der Waals surface area contributed by atoms with E-state index in [0.29, 0.717) is 5.75 Å². The van der Waals surface area contributed by atoms with Crippen molar-refractivity contribution in [2.45, 2.75) is 64.1 Å². The van der Waals surface area contributed by atoms with E-state index in [2.05, 4.69) is 5.32 Å². The Balaban J connectivity index is 1.85. The lowest BCUT2D eigenvalue weighted by atomic mass is 10.00. The topological polar surface area (TPSA) is 96.0 Å². The molecule has 10 heteroatoms. The molecule has 0 aliphatic rings. The minimum Gasteiger partial charge on any atom is -0.495 e. The van der Waals surface area contributed by atoms with Crippen LogP contribution in [0.5, 0.6) is 5.75 Å². The summed E-state index contributed by atoms with van der Waals surface area (Å²) in [5.41, 5.74) is 3.12. The maximum absolute atomic E-state index is 14.7. The summed E-state index contributed by atoms with van der Waals surface area (Å²) >= 11 is 6.46. The van der Waals surface area contributed by atoms with Crippen LogP contribution >= 0.6 is 11.6 Å². The minimum absolute atomic E-state index is 0.0135. The van der Waals surface area contributed by atoms with E-state index in [0.717, 1.165) is 26.6 Å². The molecule has 1 atom stereocenters. The second-order valence-electron chi connectivity index (χ2n) is 12.5. The Labute approximate surface area is 283 Å². The summed E-state index contributed by atoms with van der Waals surface area (Å²) in [5, 5.41) is 3.23. The third-order valence-corrected chi connectivity index (χ3v) is 9.77. The highest BCUT2D eigenvalue weighted by atomic mass is 35.5. The number of halogens is 1. The van der Waals surface area contributed by atoms with E-state index in [1.807, 2.05) is 89.2 Å². The van der Waals surface area contributed by atoms with Crippen LogP contribution in [0.4, 0.5) is 5.69 Å². The molecule has 4 rings (SSSR count). The molecule has 0 bridgehead atoms. The molecule has 0 heterocycles. The van der Waals surface area contributed by atoms with Crippen molar-refractivity contribution >= 4 is 39.1 Å². The first kappa shape index (κ1) is 35.5. The van der Waals surface area contributed by atoms with Crippen molar-refractivity contribution in [2.75, 3.05) is 18.0 Å². The molecule has 0 spiro atoms. The number of ether oxygens (including phenoxy) is 1. The van der Waals surface area contributed by atoms with E-state index < -0.39 is 34.1 Å². The number of anilines is 1. The number of aryl methyl sites for hydroxylation is 2. The fourth-order valence-electron chi connectivity index (χ4n) is 5.15. The zero-order valence-electron chi connectivity index (χ0n) is 27.7. The van der Waals surface area contributed by atoms with Crippen LogP contribution in [-0.4, -0.2) is 50.4 Å². The predicted octanol–water partition coefficient (Wildman–Crippen LogP) is 6.72. The van der Waals surface area contributed by atoms with Gasteiger partial charge in [0.2, 0.25) is 11.8 Å². The number of benzene rings is 4. The zero-order valence-corrected chi connectivity index (χ0v) is 29.2. The number of methoxy groups -OCH3 is 1. The molecule has 0 saturated carbocycles. The van der Waals surface area contributed by atoms with E-state index in [-0.39, 0.29) is 34.5 Å². The second-order valence-corrected chi connectivity index (χ2v) is 14.8. The van der Waals surface area contributed by atoms with Crippen LogP contribution in [0.25, 0.3) is 0 Å². The highest BCUT2D eigenvalue weighted by molar-refractivity contribution is 7.92. The molecule has 0 aromatic heterocycles. The molecular weight excluding hydrogens is 634 g/mol. The molecule has 0 aliphatic carbocycles. The predicted molar refractivity (Wildman–Crippen MR) is 187 cm³/mol. The number of nitrogens with one attached hydrogen (secondary N) is 1. The summed E-state index contributed by atoms with van der Waals surface area (Å²) in [7, 11) is -2.80. The maximum Gasteiger partial charge on any atom is 0.264 e. The number of amides is 2. The van der Waals surface area contributed by atoms with Gasteiger partial charge in [0.15, 0.2) is 0 Å². The number of carbonyl (C=O) groups excluding carboxylic acids is 2. The molecule has 2 amide bonds. The van der Waals surface area contributed by atoms with Gasteiger partial charge in [0.05, 0.1) is 22.7 Å². The third-order valence-electron chi connectivity index (χ3n) is 7.68. The largest absolute Gasteiger partial charge is 0.495 e. The molecule has 4 aromatic carbocycles. The van der Waals surface area contributed by atoms with Crippen LogP contribution in [0, 0.1) is 13.8 Å². The average Bonchev–Trinajstić information content (AvgIpc) is 3.02. The normalized spacial score (nSPS) is 12.2. The summed E-state index contributed by atoms with van der Waals surface area (Å²) < 4.78 is 34.9. The molecule has 47 heavy (non-hydrogen) atoms. The molecular formula is C37H42ClN3O5S. The van der Waals surface area contributed by atoms with Crippen LogP contribution in [0.3, 0.4) is 0 Å². The van der Waals surface area contributed by atoms with E-state index >= 15 is 0 Å². The average molecular weight is 676 g/mol. The van der Waals surface area contributed by atoms with Gasteiger partial charge in [-0.15, -0.1) is 0 Å². The summed E-state index contributed by atoms with van der Waals surface area (Å²) in [5.74, 6) is -0.540. The molecule has 248 valence electrons. The molecule has 0 fully saturated rings. The van der Waals surface area contributed by atoms with Crippen LogP contribution in [0.15, 0.2) is 102 Å². The molecule has 4 aromatic rings. The smallest absolute Gasteiger partial charge is 0.264 e. The lowest BCUT2D eigenvalue weighted by Gasteiger charge is -2.35. The molecule has 0 aliphatic heterocycles. The van der Waals surface area contributed by atoms with Gasteiger partial charge >= 0.3 is 0 Å². The van der Waals surface area contributed by atoms with Gasteiger partial charge in [-0.1, -0.05) is 83.9 Å². The molecule has 0 saturated heterocycles. The molecule has 1 unspecified atom stereocenters. The summed E-state index contributed by atoms with van der Waals surface area (Å²) in [6.45, 7) is 8.93. The van der Waals surface area contributed by atoms with Crippen molar-refractivity contribution < 1.29 is 22.7 Å². The van der Waals surface area contributed by atoms with Crippen LogP contribution < -0.4 is 14.4 Å². The fraction of sp³-hybridized carbons (Fsp3) is 0.297. The number of hydrogen-bond acceptors (Lipinski definition) is 5. The van der Waals surface area contributed by atoms with Crippen molar-refractivity contribution in [2.24, 2.45) is 0 Å². The van der Waals surface area contributed by atoms with Crippen molar-refractivity contribution in [1.29, 1.82) is 0 Å². The van der Waals surface area contributed by atoms with Crippen LogP contribution in [-0.2, 0) is 32.6 Å². The van der Waals surface area contributed by atoms with E-state index in [1.54, 1.807) is 24.3 Å². The standard InChI is InChI=1S/C37H42ClN3O5S/c1-26-16-19-31(20-17-26)47(44,45)41(30-18-21-34(46-6)32(38)23-30)25-35(42)40(24-29-15-11-10-12-27(29)2)33(36(43)39-37(3,4)5)22-28-13-8-7-9-14-28/h7-21,23,33H,22,24-25H2,1-6H3,(H,39,43). The van der Waals surface area contributed by atoms with Gasteiger partial charge in [0.1, 0.15) is 18.3 Å². The molecule has 8 nitrogen and oxygen atoms in total. The first-order chi connectivity index (χ1) is 22.2. The lowest BCUT2D eigenvalue weighted by Crippen LogP contribution is -2.56. The SMILES string of the molecule is COc1ccc(N(CC(=O)N(Cc2ccccc2C)C(Cc2ccccc2)C(=O)NC(C)(C)C)S(=O)(=O)c2ccc(C)cc2)cc1Cl. The highest BCUT2D eigenvalue weighted by Crippen LogP contribution is 2.32. The van der Waals surface area contributed by atoms with Gasteiger partial charge in [-0.2, -0.15) is 0 Å². The molecule has 0 radical (unpaired) electrons. The minimum atomic E-state index is -4.26. The number of rotatable bonds is 12. The van der Waals surface area contributed by atoms with E-state index in [1.165, 1.54) is 30.2 Å². The Morgan fingerprint density at radius 3 is 2.13 bits per heavy atom. The Kier molecular flexibility index (Phi) is 11.4. The van der Waals surface area contributed by atoms with Crippen molar-refractivity contribution in [1.82, 2.24) is 10.2 Å². The monoisotopic (exact) mass is 675 g/mol. The highest BCUT2D eigenvalue weighted by Gasteiger charge is 2.36. The summed E-state index contributed by atoms with van der Waals surface area (Å²) in [6.07, 6.45) is 0.222. The Bertz CT molecular complexity index is 1810. The number of sulfonamides is 1. The van der Waals surface area contributed by atoms with Gasteiger partial charge in [-0.05, 0) is 81.6 Å². The van der Waals surface area contributed by atoms with Gasteiger partial charge in [0, 0.05) is 18.5 Å². The van der Waals surface area contributed by atoms with Crippen molar-refractivity contribution in [3.05, 3.63) is 124 Å². The van der Waals surface area contributed by atoms with Crippen molar-refractivity contribution in [3.63, 3.8) is 0 Å². The van der Waals surface area contributed by atoms with Gasteiger partial charge in [-0.25, -0.2) is 8.42 Å². The van der Waals surface area contributed by atoms with E-state index in [4.69, 9.17) is 16.3 Å². The number of carbonyl (C=O) groups is 2. The second kappa shape index (κ2) is 15.0. The Hall–Kier alpha value is -4.34. The number of nitrogens with zero attached hydrogens (tertiary/aromatic N) is 2. The Morgan fingerprint density at radius 2 is 1.53 bits per heavy atom. The van der Waals surface area contributed by atoms with Gasteiger partial charge < -0.3 is 15.0 Å². The first-order valence-electron chi connectivity index (χ1n) is 15.3. The molecule has 1 N–H and O–H groups in total. The fourth-order valence-corrected chi connectivity index (χ4v) is 6.81. The van der Waals surface area contributed by atoms with Crippen LogP contribution in [0.1, 0.15) is 43.0 Å². The lowest BCUT2D eigenvalue weighted by molar-refractivity contribution is -0.140. The van der Waals surface area contributed by atoms with Gasteiger partial charge in [0.25, 0.3) is 10.0 Å². The summed E-state index contributed by atoms with van der Waals surface area (Å²) in [4.78, 5) is 30.2. The number of hydrogen-bond donors (Lipinski definition) is 1. The van der Waals surface area contributed by atoms with Crippen LogP contribution in [0.2, 0.25) is 5.02 Å². The van der Waals surface area contributed by atoms with E-state index in [9.17, 15) is 18.0 Å². The third kappa shape index (κ3) is 9.14. The Morgan fingerprint density at radius 1 is 0.894 bits per heavy atom. The zero-order chi connectivity index (χ0) is 34.4. The van der Waals surface area contributed by atoms with Crippen molar-refractivity contribution in [3.8, 4) is 5.75 Å². The maximum atomic E-state index is 14.7. The van der Waals surface area contributed by atoms with Gasteiger partial charge in [-0.3, -0.25) is 13.9 Å². The summed E-state index contributed by atoms with van der Waals surface area (Å²) in [6, 6.07) is 27.1.